The molecule has 0 aromatic carbocycles. The summed E-state index contributed by atoms with van der Waals surface area (Å²) >= 11 is 0. The van der Waals surface area contributed by atoms with Gasteiger partial charge >= 0.3 is 17.1 Å². The topological polar surface area (TPSA) is 143 Å². The molecule has 2 aromatic rings. The molecule has 0 saturated carbocycles. The molecule has 8 nitrogen and oxygen atoms in total. The number of aryl methyl sites for hydroxylation is 6. The average molecular weight is 390 g/mol. The number of rotatable bonds is 0. The smallest absolute Gasteiger partial charge is 0.373 e. The number of nitrogens with zero attached hydrogens (tertiary/aromatic N) is 8. The van der Waals surface area contributed by atoms with E-state index >= 15 is 0 Å². The second-order valence-electron chi connectivity index (χ2n) is 5.03. The Morgan fingerprint density at radius 3 is 0.840 bits per heavy atom. The first-order valence-electron chi connectivity index (χ1n) is 7.00. The van der Waals surface area contributed by atoms with E-state index in [1.807, 2.05) is 27.7 Å². The van der Waals surface area contributed by atoms with Gasteiger partial charge in [-0.1, -0.05) is 0 Å². The first-order valence-corrected chi connectivity index (χ1v) is 7.00. The van der Waals surface area contributed by atoms with Crippen molar-refractivity contribution in [1.29, 1.82) is 0 Å². The molecule has 0 N–H and O–H groups in total. The van der Waals surface area contributed by atoms with Gasteiger partial charge in [0.15, 0.2) is 0 Å². The third-order valence-corrected chi connectivity index (χ3v) is 2.45. The van der Waals surface area contributed by atoms with Crippen LogP contribution >= 0.6 is 0 Å². The Balaban J connectivity index is -0.000000287. The molecule has 2 heterocycles. The molecule has 0 aliphatic heterocycles. The summed E-state index contributed by atoms with van der Waals surface area (Å²) in [7, 11) is 0. The van der Waals surface area contributed by atoms with Crippen molar-refractivity contribution in [2.24, 2.45) is 0 Å². The van der Waals surface area contributed by atoms with Crippen molar-refractivity contribution >= 4 is 0 Å². The molecule has 0 spiro atoms. The predicted octanol–water partition coefficient (Wildman–Crippen LogP) is 5.74. The van der Waals surface area contributed by atoms with Crippen LogP contribution in [-0.4, -0.2) is 9.97 Å². The molecular weight excluding hydrogens is 368 g/mol. The van der Waals surface area contributed by atoms with Crippen LogP contribution < -0.4 is 0 Å². The van der Waals surface area contributed by atoms with Crippen molar-refractivity contribution in [3.63, 3.8) is 0 Å². The molecule has 0 aliphatic carbocycles. The Morgan fingerprint density at radius 2 is 0.720 bits per heavy atom. The molecule has 2 aromatic heterocycles. The summed E-state index contributed by atoms with van der Waals surface area (Å²) in [6.45, 7) is 12.2. The molecule has 0 unspecified atom stereocenters. The zero-order valence-corrected chi connectivity index (χ0v) is 16.1. The third kappa shape index (κ3) is 17.6. The molecule has 0 aliphatic rings. The molecule has 0 bridgehead atoms. The summed E-state index contributed by atoms with van der Waals surface area (Å²) in [6, 6.07) is 8.31. The second kappa shape index (κ2) is 16.3. The minimum atomic E-state index is 0. The van der Waals surface area contributed by atoms with Gasteiger partial charge in [0.05, 0.1) is 0 Å². The van der Waals surface area contributed by atoms with Crippen molar-refractivity contribution in [1.82, 2.24) is 9.97 Å². The van der Waals surface area contributed by atoms with Crippen LogP contribution in [0.2, 0.25) is 0 Å². The van der Waals surface area contributed by atoms with Crippen LogP contribution in [0.5, 0.6) is 0 Å². The van der Waals surface area contributed by atoms with Crippen LogP contribution in [-0.2, 0) is 17.1 Å². The van der Waals surface area contributed by atoms with Gasteiger partial charge in [-0.15, -0.1) is 0 Å². The van der Waals surface area contributed by atoms with Crippen LogP contribution in [0.4, 0.5) is 0 Å². The first kappa shape index (κ1) is 27.3. The minimum Gasteiger partial charge on any atom is -0.373 e. The van der Waals surface area contributed by atoms with E-state index < -0.39 is 0 Å². The van der Waals surface area contributed by atoms with E-state index in [9.17, 15) is 0 Å². The van der Waals surface area contributed by atoms with Crippen molar-refractivity contribution in [2.75, 3.05) is 0 Å². The number of pyridine rings is 2. The summed E-state index contributed by atoms with van der Waals surface area (Å²) in [5.41, 5.74) is 34.0. The predicted molar refractivity (Wildman–Crippen MR) is 97.1 cm³/mol. The van der Waals surface area contributed by atoms with E-state index in [0.29, 0.717) is 0 Å². The summed E-state index contributed by atoms with van der Waals surface area (Å²) in [5.74, 6) is 0. The molecule has 0 saturated heterocycles. The van der Waals surface area contributed by atoms with Crippen molar-refractivity contribution in [3.05, 3.63) is 90.1 Å². The van der Waals surface area contributed by atoms with Gasteiger partial charge in [-0.2, -0.15) is 0 Å². The Hall–Kier alpha value is -2.56. The standard InChI is InChI=1S/2C8H11N.Cu.2N3/c2*1-6-4-7(2)9-8(3)5-6;;2*1-3-2/h2*4-5H,1-3H3;;;/q;;+2;2*-1. The van der Waals surface area contributed by atoms with Gasteiger partial charge in [0.1, 0.15) is 0 Å². The van der Waals surface area contributed by atoms with E-state index in [1.165, 1.54) is 21.0 Å². The van der Waals surface area contributed by atoms with Gasteiger partial charge in [-0.25, -0.2) is 0 Å². The fourth-order valence-electron chi connectivity index (χ4n) is 2.09. The molecule has 0 atom stereocenters. The van der Waals surface area contributed by atoms with Crippen LogP contribution in [0, 0.1) is 41.5 Å². The maximum atomic E-state index is 6.75. The first-order chi connectivity index (χ1) is 11.2. The van der Waals surface area contributed by atoms with Crippen LogP contribution in [0.3, 0.4) is 0 Å². The minimum absolute atomic E-state index is 0. The quantitative estimate of drug-likeness (QED) is 0.244. The van der Waals surface area contributed by atoms with Crippen LogP contribution in [0.1, 0.15) is 33.9 Å². The normalized spacial score (nSPS) is 7.60. The van der Waals surface area contributed by atoms with Gasteiger partial charge in [-0.3, -0.25) is 19.8 Å². The number of hydrogen-bond acceptors (Lipinski definition) is 2. The fraction of sp³-hybridized carbons (Fsp3) is 0.375. The van der Waals surface area contributed by atoms with Crippen molar-refractivity contribution in [2.45, 2.75) is 41.5 Å². The molecule has 25 heavy (non-hydrogen) atoms. The summed E-state index contributed by atoms with van der Waals surface area (Å²) in [4.78, 5) is 11.5. The van der Waals surface area contributed by atoms with Gasteiger partial charge < -0.3 is 22.1 Å². The zero-order chi connectivity index (χ0) is 19.1. The van der Waals surface area contributed by atoms with Gasteiger partial charge in [0.2, 0.25) is 0 Å². The molecule has 0 amide bonds. The van der Waals surface area contributed by atoms with E-state index in [-0.39, 0.29) is 17.1 Å². The van der Waals surface area contributed by atoms with E-state index in [1.54, 1.807) is 0 Å². The average Bonchev–Trinajstić information content (AvgIpc) is 2.37. The molecule has 137 valence electrons. The van der Waals surface area contributed by atoms with E-state index in [0.717, 1.165) is 22.8 Å². The van der Waals surface area contributed by atoms with Crippen LogP contribution in [0.25, 0.3) is 31.9 Å². The SMILES string of the molecule is Cc1cc(C)nc(C)c1.Cc1cc(C)nc(C)c1.[Cu+2].[N-]=[N+]=[N-].[N-]=[N+]=[N-]. The summed E-state index contributed by atoms with van der Waals surface area (Å²) in [5, 5.41) is 0. The van der Waals surface area contributed by atoms with Crippen LogP contribution in [0.15, 0.2) is 24.3 Å². The second-order valence-corrected chi connectivity index (χ2v) is 5.03. The number of aromatic nitrogens is 2. The molecule has 9 heteroatoms. The summed E-state index contributed by atoms with van der Waals surface area (Å²) < 4.78 is 0. The molecular formula is C16H22CuN8. The monoisotopic (exact) mass is 389 g/mol. The third-order valence-electron chi connectivity index (χ3n) is 2.45. The molecule has 0 fully saturated rings. The van der Waals surface area contributed by atoms with E-state index in [2.05, 4.69) is 48.1 Å². The van der Waals surface area contributed by atoms with Crippen molar-refractivity contribution in [3.8, 4) is 0 Å². The van der Waals surface area contributed by atoms with Gasteiger partial charge in [-0.05, 0) is 76.9 Å². The molecule has 2 rings (SSSR count). The maximum Gasteiger partial charge on any atom is 2.00 e. The fourth-order valence-corrected chi connectivity index (χ4v) is 2.09. The Bertz CT molecular complexity index is 541. The number of hydrogen-bond donors (Lipinski definition) is 0. The Morgan fingerprint density at radius 1 is 0.560 bits per heavy atom. The van der Waals surface area contributed by atoms with Gasteiger partial charge in [0, 0.05) is 22.8 Å². The largest absolute Gasteiger partial charge is 2.00 e. The van der Waals surface area contributed by atoms with E-state index in [4.69, 9.17) is 22.1 Å². The zero-order valence-electron chi connectivity index (χ0n) is 15.2. The van der Waals surface area contributed by atoms with Gasteiger partial charge in [0.25, 0.3) is 0 Å². The Labute approximate surface area is 159 Å². The summed E-state index contributed by atoms with van der Waals surface area (Å²) in [6.07, 6.45) is 0. The van der Waals surface area contributed by atoms with Crippen molar-refractivity contribution < 1.29 is 17.1 Å². The Kier molecular flexibility index (Phi) is 17.8. The molecule has 1 radical (unpaired) electrons. The maximum absolute atomic E-state index is 6.75.